The molecule has 0 bridgehead atoms. The fraction of sp³-hybridized carbons (Fsp3) is 0.500. The summed E-state index contributed by atoms with van der Waals surface area (Å²) < 4.78 is 13.0. The van der Waals surface area contributed by atoms with Crippen LogP contribution in [0, 0.1) is 6.92 Å². The molecule has 13 heavy (non-hydrogen) atoms. The van der Waals surface area contributed by atoms with Crippen LogP contribution >= 0.6 is 39.7 Å². The largest absolute Gasteiger partial charge is 0.323 e. The number of hydrogen-bond acceptors (Lipinski definition) is 2. The summed E-state index contributed by atoms with van der Waals surface area (Å²) in [5, 5.41) is 0. The molecule has 0 spiro atoms. The van der Waals surface area contributed by atoms with E-state index in [1.807, 2.05) is 13.0 Å². The fourth-order valence-electron chi connectivity index (χ4n) is 0.926. The lowest BCUT2D eigenvalue weighted by Crippen LogP contribution is -2.08. The Morgan fingerprint density at radius 2 is 2.31 bits per heavy atom. The third kappa shape index (κ3) is 3.54. The van der Waals surface area contributed by atoms with Gasteiger partial charge in [0.1, 0.15) is 0 Å². The number of rotatable bonds is 3. The summed E-state index contributed by atoms with van der Waals surface area (Å²) in [6.45, 7) is 1.65. The van der Waals surface area contributed by atoms with Gasteiger partial charge in [-0.3, -0.25) is 4.39 Å². The fourth-order valence-corrected chi connectivity index (χ4v) is 2.53. The maximum atomic E-state index is 11.9. The van der Waals surface area contributed by atoms with E-state index < -0.39 is 0 Å². The molecule has 0 amide bonds. The number of alkyl halides is 1. The van der Waals surface area contributed by atoms with Gasteiger partial charge in [-0.15, -0.1) is 23.7 Å². The lowest BCUT2D eigenvalue weighted by molar-refractivity contribution is 0.444. The van der Waals surface area contributed by atoms with E-state index >= 15 is 0 Å². The van der Waals surface area contributed by atoms with Crippen LogP contribution in [0.25, 0.3) is 0 Å². The van der Waals surface area contributed by atoms with Crippen LogP contribution in [0.5, 0.6) is 0 Å². The maximum Gasteiger partial charge on any atom is 0.0912 e. The SMILES string of the molecule is Cc1cc([C@H](N)CCF)sc1Br.Cl. The molecule has 0 saturated heterocycles. The molecule has 2 N–H and O–H groups in total. The van der Waals surface area contributed by atoms with Gasteiger partial charge < -0.3 is 5.73 Å². The molecule has 1 atom stereocenters. The van der Waals surface area contributed by atoms with Crippen molar-refractivity contribution in [2.24, 2.45) is 5.73 Å². The van der Waals surface area contributed by atoms with Gasteiger partial charge in [0.05, 0.1) is 10.5 Å². The zero-order valence-corrected chi connectivity index (χ0v) is 10.4. The van der Waals surface area contributed by atoms with Gasteiger partial charge in [0.25, 0.3) is 0 Å². The topological polar surface area (TPSA) is 26.0 Å². The van der Waals surface area contributed by atoms with E-state index in [9.17, 15) is 4.39 Å². The molecule has 0 radical (unpaired) electrons. The molecule has 1 heterocycles. The normalized spacial score (nSPS) is 12.3. The third-order valence-electron chi connectivity index (χ3n) is 1.66. The second-order valence-electron chi connectivity index (χ2n) is 2.69. The van der Waals surface area contributed by atoms with Crippen molar-refractivity contribution < 1.29 is 4.39 Å². The highest BCUT2D eigenvalue weighted by Gasteiger charge is 2.10. The van der Waals surface area contributed by atoms with Crippen molar-refractivity contribution in [1.82, 2.24) is 0 Å². The van der Waals surface area contributed by atoms with Crippen molar-refractivity contribution in [2.75, 3.05) is 6.67 Å². The first-order chi connectivity index (χ1) is 5.65. The van der Waals surface area contributed by atoms with Crippen LogP contribution in [0.15, 0.2) is 9.85 Å². The minimum atomic E-state index is -0.351. The van der Waals surface area contributed by atoms with E-state index in [0.29, 0.717) is 6.42 Å². The average Bonchev–Trinajstić information content (AvgIpc) is 2.33. The average molecular weight is 289 g/mol. The highest BCUT2D eigenvalue weighted by Crippen LogP contribution is 2.31. The number of aryl methyl sites for hydroxylation is 1. The molecule has 1 aromatic heterocycles. The molecule has 1 aromatic rings. The highest BCUT2D eigenvalue weighted by atomic mass is 79.9. The maximum absolute atomic E-state index is 11.9. The zero-order valence-electron chi connectivity index (χ0n) is 7.22. The Morgan fingerprint density at radius 1 is 1.69 bits per heavy atom. The second kappa shape index (κ2) is 5.96. The van der Waals surface area contributed by atoms with E-state index in [2.05, 4.69) is 15.9 Å². The second-order valence-corrected chi connectivity index (χ2v) is 5.09. The number of nitrogens with two attached hydrogens (primary N) is 1. The first-order valence-electron chi connectivity index (χ1n) is 3.72. The van der Waals surface area contributed by atoms with Crippen LogP contribution < -0.4 is 5.73 Å². The summed E-state index contributed by atoms with van der Waals surface area (Å²) in [6, 6.07) is 1.86. The molecule has 0 fully saturated rings. The van der Waals surface area contributed by atoms with Gasteiger partial charge in [-0.2, -0.15) is 0 Å². The molecule has 0 saturated carbocycles. The van der Waals surface area contributed by atoms with E-state index in [1.54, 1.807) is 11.3 Å². The summed E-state index contributed by atoms with van der Waals surface area (Å²) in [5.74, 6) is 0. The zero-order chi connectivity index (χ0) is 9.14. The number of hydrogen-bond donors (Lipinski definition) is 1. The monoisotopic (exact) mass is 287 g/mol. The Morgan fingerprint density at radius 3 is 2.69 bits per heavy atom. The quantitative estimate of drug-likeness (QED) is 0.903. The summed E-state index contributed by atoms with van der Waals surface area (Å²) in [7, 11) is 0. The summed E-state index contributed by atoms with van der Waals surface area (Å²) in [6.07, 6.45) is 0.409. The molecule has 1 nitrogen and oxygen atoms in total. The molecule has 0 aliphatic carbocycles. The van der Waals surface area contributed by atoms with Gasteiger partial charge in [-0.1, -0.05) is 0 Å². The van der Waals surface area contributed by atoms with E-state index in [-0.39, 0.29) is 25.1 Å². The molecule has 1 rings (SSSR count). The number of halogens is 3. The molecule has 76 valence electrons. The van der Waals surface area contributed by atoms with E-state index in [4.69, 9.17) is 5.73 Å². The Kier molecular flexibility index (Phi) is 6.12. The van der Waals surface area contributed by atoms with Gasteiger partial charge >= 0.3 is 0 Å². The lowest BCUT2D eigenvalue weighted by Gasteiger charge is -2.04. The standard InChI is InChI=1S/C8H11BrFNS.ClH/c1-5-4-7(12-8(5)9)6(11)2-3-10;/h4,6H,2-3,11H2,1H3;1H/t6-;/m1./s1. The van der Waals surface area contributed by atoms with E-state index in [1.165, 1.54) is 5.56 Å². The van der Waals surface area contributed by atoms with Crippen molar-refractivity contribution in [3.05, 3.63) is 20.3 Å². The van der Waals surface area contributed by atoms with Crippen LogP contribution in [0.3, 0.4) is 0 Å². The van der Waals surface area contributed by atoms with Gasteiger partial charge in [0, 0.05) is 10.9 Å². The van der Waals surface area contributed by atoms with Crippen LogP contribution in [0.2, 0.25) is 0 Å². The third-order valence-corrected chi connectivity index (χ3v) is 3.93. The van der Waals surface area contributed by atoms with Crippen molar-refractivity contribution >= 4 is 39.7 Å². The van der Waals surface area contributed by atoms with Crippen LogP contribution in [0.4, 0.5) is 4.39 Å². The number of thiophene rings is 1. The summed E-state index contributed by atoms with van der Waals surface area (Å²) in [5.41, 5.74) is 6.91. The Hall–Kier alpha value is 0.360. The van der Waals surface area contributed by atoms with Crippen molar-refractivity contribution in [2.45, 2.75) is 19.4 Å². The van der Waals surface area contributed by atoms with Crippen molar-refractivity contribution in [3.63, 3.8) is 0 Å². The lowest BCUT2D eigenvalue weighted by atomic mass is 10.2. The van der Waals surface area contributed by atoms with Gasteiger partial charge in [0.2, 0.25) is 0 Å². The van der Waals surface area contributed by atoms with Gasteiger partial charge in [-0.25, -0.2) is 0 Å². The summed E-state index contributed by atoms with van der Waals surface area (Å²) in [4.78, 5) is 1.05. The molecule has 0 aromatic carbocycles. The van der Waals surface area contributed by atoms with Gasteiger partial charge in [-0.05, 0) is 40.9 Å². The Balaban J connectivity index is 0.00000144. The molecular formula is C8H12BrClFNS. The highest BCUT2D eigenvalue weighted by molar-refractivity contribution is 9.11. The molecule has 0 aliphatic heterocycles. The molecular weight excluding hydrogens is 277 g/mol. The van der Waals surface area contributed by atoms with Crippen LogP contribution in [-0.2, 0) is 0 Å². The first kappa shape index (κ1) is 13.4. The van der Waals surface area contributed by atoms with Crippen molar-refractivity contribution in [1.29, 1.82) is 0 Å². The summed E-state index contributed by atoms with van der Waals surface area (Å²) >= 11 is 4.99. The predicted octanol–water partition coefficient (Wildman–Crippen LogP) is 3.60. The molecule has 0 unspecified atom stereocenters. The van der Waals surface area contributed by atoms with Gasteiger partial charge in [0.15, 0.2) is 0 Å². The first-order valence-corrected chi connectivity index (χ1v) is 5.33. The minimum Gasteiger partial charge on any atom is -0.323 e. The minimum absolute atomic E-state index is 0. The van der Waals surface area contributed by atoms with Crippen molar-refractivity contribution in [3.8, 4) is 0 Å². The van der Waals surface area contributed by atoms with Crippen LogP contribution in [0.1, 0.15) is 22.9 Å². The molecule has 5 heteroatoms. The van der Waals surface area contributed by atoms with Crippen LogP contribution in [-0.4, -0.2) is 6.67 Å². The smallest absolute Gasteiger partial charge is 0.0912 e. The Labute approximate surface area is 96.1 Å². The predicted molar refractivity (Wildman–Crippen MR) is 61.5 cm³/mol. The Bertz CT molecular complexity index is 247. The molecule has 0 aliphatic rings. The van der Waals surface area contributed by atoms with E-state index in [0.717, 1.165) is 8.66 Å².